The molecule has 0 aliphatic rings. The topological polar surface area (TPSA) is 116 Å². The van der Waals surface area contributed by atoms with Gasteiger partial charge in [-0.3, -0.25) is 4.79 Å². The van der Waals surface area contributed by atoms with Crippen molar-refractivity contribution < 1.29 is 27.1 Å². The van der Waals surface area contributed by atoms with Crippen molar-refractivity contribution in [2.45, 2.75) is 4.90 Å². The van der Waals surface area contributed by atoms with Gasteiger partial charge in [0.1, 0.15) is 5.82 Å². The van der Waals surface area contributed by atoms with Crippen LogP contribution in [0.5, 0.6) is 0 Å². The van der Waals surface area contributed by atoms with Crippen LogP contribution in [-0.2, 0) is 19.6 Å². The number of esters is 1. The van der Waals surface area contributed by atoms with Crippen LogP contribution in [0.4, 0.5) is 10.1 Å². The maximum atomic E-state index is 13.6. The van der Waals surface area contributed by atoms with E-state index < -0.39 is 34.3 Å². The number of ether oxygens (including phenoxy) is 1. The Morgan fingerprint density at radius 2 is 1.80 bits per heavy atom. The molecule has 0 bridgehead atoms. The number of nitrogens with two attached hydrogens (primary N) is 1. The Morgan fingerprint density at radius 1 is 1.16 bits per heavy atom. The molecule has 0 aliphatic heterocycles. The van der Waals surface area contributed by atoms with Crippen LogP contribution >= 0.6 is 11.6 Å². The lowest BCUT2D eigenvalue weighted by atomic mass is 10.2. The zero-order chi connectivity index (χ0) is 18.6. The second-order valence-electron chi connectivity index (χ2n) is 4.82. The van der Waals surface area contributed by atoms with E-state index in [1.54, 1.807) is 0 Å². The van der Waals surface area contributed by atoms with Crippen molar-refractivity contribution in [1.82, 2.24) is 0 Å². The number of anilines is 1. The molecule has 132 valence electrons. The van der Waals surface area contributed by atoms with Crippen LogP contribution in [-0.4, -0.2) is 26.9 Å². The SMILES string of the molecule is NS(=O)(=O)c1ccc(NC(=O)COC(=O)c2ccc(Cl)cc2F)cc1. The Morgan fingerprint density at radius 3 is 2.36 bits per heavy atom. The second-order valence-corrected chi connectivity index (χ2v) is 6.82. The summed E-state index contributed by atoms with van der Waals surface area (Å²) in [7, 11) is -3.83. The number of rotatable bonds is 5. The molecule has 10 heteroatoms. The molecular formula is C15H12ClFN2O5S. The molecule has 7 nitrogen and oxygen atoms in total. The van der Waals surface area contributed by atoms with E-state index in [4.69, 9.17) is 21.5 Å². The van der Waals surface area contributed by atoms with Crippen LogP contribution in [0.3, 0.4) is 0 Å². The number of hydrogen-bond donors (Lipinski definition) is 2. The second kappa shape index (κ2) is 7.60. The number of benzene rings is 2. The summed E-state index contributed by atoms with van der Waals surface area (Å²) in [5.74, 6) is -2.57. The quantitative estimate of drug-likeness (QED) is 0.761. The number of hydrogen-bond acceptors (Lipinski definition) is 5. The van der Waals surface area contributed by atoms with Gasteiger partial charge in [0.15, 0.2) is 6.61 Å². The summed E-state index contributed by atoms with van der Waals surface area (Å²) in [4.78, 5) is 23.3. The van der Waals surface area contributed by atoms with Gasteiger partial charge in [-0.15, -0.1) is 0 Å². The fourth-order valence-corrected chi connectivity index (χ4v) is 2.46. The molecule has 25 heavy (non-hydrogen) atoms. The molecule has 2 aromatic carbocycles. The number of amides is 1. The lowest BCUT2D eigenvalue weighted by molar-refractivity contribution is -0.119. The monoisotopic (exact) mass is 386 g/mol. The largest absolute Gasteiger partial charge is 0.452 e. The third kappa shape index (κ3) is 5.24. The molecule has 0 heterocycles. The number of halogens is 2. The molecule has 0 unspecified atom stereocenters. The number of primary sulfonamides is 1. The van der Waals surface area contributed by atoms with Gasteiger partial charge in [0.25, 0.3) is 5.91 Å². The predicted octanol–water partition coefficient (Wildman–Crippen LogP) is 1.92. The number of nitrogens with one attached hydrogen (secondary N) is 1. The summed E-state index contributed by atoms with van der Waals surface area (Å²) in [6.45, 7) is -0.655. The molecule has 1 amide bonds. The maximum Gasteiger partial charge on any atom is 0.341 e. The molecule has 0 atom stereocenters. The van der Waals surface area contributed by atoms with E-state index in [0.717, 1.165) is 12.1 Å². The van der Waals surface area contributed by atoms with Gasteiger partial charge in [0.05, 0.1) is 10.5 Å². The lowest BCUT2D eigenvalue weighted by Crippen LogP contribution is -2.21. The first kappa shape index (κ1) is 18.8. The summed E-state index contributed by atoms with van der Waals surface area (Å²) in [5, 5.41) is 7.46. The van der Waals surface area contributed by atoms with Crippen molar-refractivity contribution in [1.29, 1.82) is 0 Å². The van der Waals surface area contributed by atoms with E-state index in [9.17, 15) is 22.4 Å². The first-order valence-electron chi connectivity index (χ1n) is 6.72. The molecule has 2 aromatic rings. The Kier molecular flexibility index (Phi) is 5.73. The summed E-state index contributed by atoms with van der Waals surface area (Å²) in [5.41, 5.74) is -0.0826. The van der Waals surface area contributed by atoms with Gasteiger partial charge in [-0.25, -0.2) is 22.7 Å². The van der Waals surface area contributed by atoms with Crippen LogP contribution in [0.15, 0.2) is 47.4 Å². The van der Waals surface area contributed by atoms with Crippen LogP contribution < -0.4 is 10.5 Å². The predicted molar refractivity (Wildman–Crippen MR) is 88.1 cm³/mol. The summed E-state index contributed by atoms with van der Waals surface area (Å²) in [6, 6.07) is 8.46. The average molecular weight is 387 g/mol. The van der Waals surface area contributed by atoms with E-state index in [1.165, 1.54) is 30.3 Å². The van der Waals surface area contributed by atoms with Crippen LogP contribution in [0.1, 0.15) is 10.4 Å². The normalized spacial score (nSPS) is 11.0. The van der Waals surface area contributed by atoms with Gasteiger partial charge < -0.3 is 10.1 Å². The van der Waals surface area contributed by atoms with E-state index in [-0.39, 0.29) is 21.2 Å². The molecule has 0 saturated heterocycles. The highest BCUT2D eigenvalue weighted by molar-refractivity contribution is 7.89. The lowest BCUT2D eigenvalue weighted by Gasteiger charge is -2.08. The van der Waals surface area contributed by atoms with E-state index in [0.29, 0.717) is 0 Å². The van der Waals surface area contributed by atoms with Gasteiger partial charge in [-0.1, -0.05) is 11.6 Å². The smallest absolute Gasteiger partial charge is 0.341 e. The minimum Gasteiger partial charge on any atom is -0.452 e. The molecule has 3 N–H and O–H groups in total. The van der Waals surface area contributed by atoms with Gasteiger partial charge in [-0.2, -0.15) is 0 Å². The maximum absolute atomic E-state index is 13.6. The number of sulfonamides is 1. The van der Waals surface area contributed by atoms with Crippen LogP contribution in [0, 0.1) is 5.82 Å². The van der Waals surface area contributed by atoms with Crippen LogP contribution in [0.25, 0.3) is 0 Å². The number of carbonyl (C=O) groups is 2. The minimum atomic E-state index is -3.83. The average Bonchev–Trinajstić information content (AvgIpc) is 2.52. The summed E-state index contributed by atoms with van der Waals surface area (Å²) < 4.78 is 40.5. The minimum absolute atomic E-state index is 0.116. The van der Waals surface area contributed by atoms with E-state index in [2.05, 4.69) is 5.32 Å². The summed E-state index contributed by atoms with van der Waals surface area (Å²) in [6.07, 6.45) is 0. The molecule has 0 aliphatic carbocycles. The van der Waals surface area contributed by atoms with Crippen molar-refractivity contribution in [3.8, 4) is 0 Å². The highest BCUT2D eigenvalue weighted by atomic mass is 35.5. The van der Waals surface area contributed by atoms with Crippen molar-refractivity contribution in [2.75, 3.05) is 11.9 Å². The Hall–Kier alpha value is -2.49. The zero-order valence-electron chi connectivity index (χ0n) is 12.5. The third-order valence-corrected chi connectivity index (χ3v) is 4.12. The van der Waals surface area contributed by atoms with Crippen LogP contribution in [0.2, 0.25) is 5.02 Å². The van der Waals surface area contributed by atoms with Crippen molar-refractivity contribution in [3.05, 3.63) is 58.9 Å². The first-order valence-corrected chi connectivity index (χ1v) is 8.64. The molecular weight excluding hydrogens is 375 g/mol. The van der Waals surface area contributed by atoms with Crippen molar-refractivity contribution >= 4 is 39.2 Å². The zero-order valence-corrected chi connectivity index (χ0v) is 14.1. The van der Waals surface area contributed by atoms with Crippen molar-refractivity contribution in [3.63, 3.8) is 0 Å². The Bertz CT molecular complexity index is 916. The molecule has 0 fully saturated rings. The third-order valence-electron chi connectivity index (χ3n) is 2.95. The van der Waals surface area contributed by atoms with Gasteiger partial charge in [0.2, 0.25) is 10.0 Å². The number of carbonyl (C=O) groups excluding carboxylic acids is 2. The molecule has 2 rings (SSSR count). The van der Waals surface area contributed by atoms with Gasteiger partial charge >= 0.3 is 5.97 Å². The Labute approximate surface area is 147 Å². The van der Waals surface area contributed by atoms with E-state index >= 15 is 0 Å². The fraction of sp³-hybridized carbons (Fsp3) is 0.0667. The van der Waals surface area contributed by atoms with Gasteiger partial charge in [0, 0.05) is 10.7 Å². The molecule has 0 spiro atoms. The highest BCUT2D eigenvalue weighted by Crippen LogP contribution is 2.16. The van der Waals surface area contributed by atoms with E-state index in [1.807, 2.05) is 0 Å². The highest BCUT2D eigenvalue weighted by Gasteiger charge is 2.15. The first-order chi connectivity index (χ1) is 11.7. The summed E-state index contributed by atoms with van der Waals surface area (Å²) >= 11 is 5.58. The molecule has 0 radical (unpaired) electrons. The van der Waals surface area contributed by atoms with Gasteiger partial charge in [-0.05, 0) is 42.5 Å². The standard InChI is InChI=1S/C15H12ClFN2O5S/c16-9-1-6-12(13(17)7-9)15(21)24-8-14(20)19-10-2-4-11(5-3-10)25(18,22)23/h1-7H,8H2,(H,19,20)(H2,18,22,23). The fourth-order valence-electron chi connectivity index (χ4n) is 1.79. The molecule has 0 saturated carbocycles. The molecule has 0 aromatic heterocycles. The Balaban J connectivity index is 1.93. The van der Waals surface area contributed by atoms with Crippen molar-refractivity contribution in [2.24, 2.45) is 5.14 Å².